The van der Waals surface area contributed by atoms with Gasteiger partial charge in [0, 0.05) is 11.8 Å². The molecule has 9 heteroatoms. The maximum atomic E-state index is 13.3. The van der Waals surface area contributed by atoms with Gasteiger partial charge in [-0.25, -0.2) is 8.42 Å². The summed E-state index contributed by atoms with van der Waals surface area (Å²) in [7, 11) is -2.01. The van der Waals surface area contributed by atoms with Gasteiger partial charge in [-0.3, -0.25) is 9.59 Å². The summed E-state index contributed by atoms with van der Waals surface area (Å²) in [6, 6.07) is 9.75. The molecular formula is C23H26N2O6S. The SMILES string of the molecule is COc1ccc(C(CS(C)(=O)=O)N2C(=O)c3ccccc3C2C(N)=O)cc1OCC1CC1. The molecule has 2 unspecified atom stereocenters. The lowest BCUT2D eigenvalue weighted by atomic mass is 10.0. The monoisotopic (exact) mass is 458 g/mol. The lowest BCUT2D eigenvalue weighted by Gasteiger charge is -2.32. The van der Waals surface area contributed by atoms with Gasteiger partial charge in [0.05, 0.1) is 25.5 Å². The van der Waals surface area contributed by atoms with Crippen LogP contribution >= 0.6 is 0 Å². The second kappa shape index (κ2) is 8.46. The third-order valence-electron chi connectivity index (χ3n) is 5.81. The molecule has 0 aromatic heterocycles. The highest BCUT2D eigenvalue weighted by Crippen LogP contribution is 2.42. The average Bonchev–Trinajstić information content (AvgIpc) is 3.53. The Kier molecular flexibility index (Phi) is 5.85. The molecule has 4 rings (SSSR count). The van der Waals surface area contributed by atoms with E-state index in [-0.39, 0.29) is 5.75 Å². The topological polar surface area (TPSA) is 116 Å². The van der Waals surface area contributed by atoms with Crippen molar-refractivity contribution < 1.29 is 27.5 Å². The van der Waals surface area contributed by atoms with Crippen LogP contribution in [0.2, 0.25) is 0 Å². The van der Waals surface area contributed by atoms with Crippen LogP contribution < -0.4 is 15.2 Å². The van der Waals surface area contributed by atoms with Crippen LogP contribution in [0, 0.1) is 5.92 Å². The lowest BCUT2D eigenvalue weighted by Crippen LogP contribution is -2.41. The smallest absolute Gasteiger partial charge is 0.255 e. The molecule has 2 atom stereocenters. The normalized spacial score (nSPS) is 18.9. The summed E-state index contributed by atoms with van der Waals surface area (Å²) in [5, 5.41) is 0. The molecule has 1 aliphatic carbocycles. The fraction of sp³-hybridized carbons (Fsp3) is 0.391. The van der Waals surface area contributed by atoms with Gasteiger partial charge in [0.1, 0.15) is 15.9 Å². The average molecular weight is 459 g/mol. The van der Waals surface area contributed by atoms with E-state index < -0.39 is 33.7 Å². The van der Waals surface area contributed by atoms with Gasteiger partial charge in [0.25, 0.3) is 5.91 Å². The lowest BCUT2D eigenvalue weighted by molar-refractivity contribution is -0.123. The Bertz CT molecular complexity index is 1160. The predicted molar refractivity (Wildman–Crippen MR) is 118 cm³/mol. The first-order valence-electron chi connectivity index (χ1n) is 10.4. The van der Waals surface area contributed by atoms with E-state index in [0.717, 1.165) is 19.1 Å². The largest absolute Gasteiger partial charge is 0.493 e. The molecule has 2 aliphatic rings. The van der Waals surface area contributed by atoms with Crippen molar-refractivity contribution in [3.05, 3.63) is 59.2 Å². The molecule has 2 amide bonds. The number of benzene rings is 2. The third-order valence-corrected chi connectivity index (χ3v) is 6.73. The number of primary amides is 1. The Morgan fingerprint density at radius 3 is 2.53 bits per heavy atom. The van der Waals surface area contributed by atoms with Gasteiger partial charge < -0.3 is 20.1 Å². The molecule has 1 fully saturated rings. The van der Waals surface area contributed by atoms with Crippen LogP contribution in [0.5, 0.6) is 11.5 Å². The third kappa shape index (κ3) is 4.43. The van der Waals surface area contributed by atoms with Crippen LogP contribution in [0.3, 0.4) is 0 Å². The minimum Gasteiger partial charge on any atom is -0.493 e. The number of carbonyl (C=O) groups is 2. The first-order valence-corrected chi connectivity index (χ1v) is 12.4. The quantitative estimate of drug-likeness (QED) is 0.616. The van der Waals surface area contributed by atoms with Crippen molar-refractivity contribution in [3.63, 3.8) is 0 Å². The van der Waals surface area contributed by atoms with Crippen LogP contribution in [0.25, 0.3) is 0 Å². The number of fused-ring (bicyclic) bond motifs is 1. The number of sulfone groups is 1. The molecule has 1 heterocycles. The van der Waals surface area contributed by atoms with Crippen molar-refractivity contribution in [3.8, 4) is 11.5 Å². The van der Waals surface area contributed by atoms with Gasteiger partial charge in [-0.15, -0.1) is 0 Å². The molecule has 2 N–H and O–H groups in total. The molecule has 0 saturated heterocycles. The predicted octanol–water partition coefficient (Wildman–Crippen LogP) is 2.25. The molecule has 2 aromatic rings. The van der Waals surface area contributed by atoms with Gasteiger partial charge in [0.15, 0.2) is 11.5 Å². The number of ether oxygens (including phenoxy) is 2. The van der Waals surface area contributed by atoms with E-state index in [4.69, 9.17) is 15.2 Å². The summed E-state index contributed by atoms with van der Waals surface area (Å²) in [5.41, 5.74) is 7.02. The summed E-state index contributed by atoms with van der Waals surface area (Å²) in [6.07, 6.45) is 3.32. The standard InChI is InChI=1S/C23H26N2O6S/c1-30-19-10-9-15(11-20(19)31-12-14-7-8-14)18(13-32(2,28)29)25-21(22(24)26)16-5-3-4-6-17(16)23(25)27/h3-6,9-11,14,18,21H,7-8,12-13H2,1-2H3,(H2,24,26). The van der Waals surface area contributed by atoms with Crippen LogP contribution in [-0.2, 0) is 14.6 Å². The van der Waals surface area contributed by atoms with Gasteiger partial charge in [-0.05, 0) is 48.1 Å². The number of rotatable bonds is 9. The first-order chi connectivity index (χ1) is 15.2. The maximum absolute atomic E-state index is 13.3. The van der Waals surface area contributed by atoms with Crippen molar-refractivity contribution >= 4 is 21.7 Å². The van der Waals surface area contributed by atoms with E-state index in [1.165, 1.54) is 12.0 Å². The Balaban J connectivity index is 1.79. The number of hydrogen-bond donors (Lipinski definition) is 1. The highest BCUT2D eigenvalue weighted by Gasteiger charge is 2.45. The summed E-state index contributed by atoms with van der Waals surface area (Å²) in [4.78, 5) is 27.0. The van der Waals surface area contributed by atoms with E-state index >= 15 is 0 Å². The summed E-state index contributed by atoms with van der Waals surface area (Å²) in [5.74, 6) is -0.0469. The highest BCUT2D eigenvalue weighted by atomic mass is 32.2. The van der Waals surface area contributed by atoms with Crippen molar-refractivity contribution in [1.29, 1.82) is 0 Å². The van der Waals surface area contributed by atoms with E-state index in [1.54, 1.807) is 42.5 Å². The Labute approximate surface area is 187 Å². The molecule has 8 nitrogen and oxygen atoms in total. The highest BCUT2D eigenvalue weighted by molar-refractivity contribution is 7.90. The zero-order chi connectivity index (χ0) is 23.0. The fourth-order valence-electron chi connectivity index (χ4n) is 4.08. The Morgan fingerprint density at radius 1 is 1.19 bits per heavy atom. The maximum Gasteiger partial charge on any atom is 0.255 e. The second-order valence-electron chi connectivity index (χ2n) is 8.38. The zero-order valence-electron chi connectivity index (χ0n) is 18.0. The van der Waals surface area contributed by atoms with Crippen LogP contribution in [0.1, 0.15) is 46.4 Å². The van der Waals surface area contributed by atoms with Gasteiger partial charge >= 0.3 is 0 Å². The zero-order valence-corrected chi connectivity index (χ0v) is 18.8. The molecular weight excluding hydrogens is 432 g/mol. The fourth-order valence-corrected chi connectivity index (χ4v) is 5.00. The Morgan fingerprint density at radius 2 is 1.91 bits per heavy atom. The van der Waals surface area contributed by atoms with Crippen LogP contribution in [0.15, 0.2) is 42.5 Å². The number of hydrogen-bond acceptors (Lipinski definition) is 6. The van der Waals surface area contributed by atoms with E-state index in [9.17, 15) is 18.0 Å². The first kappa shape index (κ1) is 22.1. The number of amides is 2. The van der Waals surface area contributed by atoms with Gasteiger partial charge in [-0.2, -0.15) is 0 Å². The second-order valence-corrected chi connectivity index (χ2v) is 10.6. The summed E-state index contributed by atoms with van der Waals surface area (Å²) >= 11 is 0. The van der Waals surface area contributed by atoms with Gasteiger partial charge in [0.2, 0.25) is 5.91 Å². The molecule has 0 bridgehead atoms. The minimum atomic E-state index is -3.53. The van der Waals surface area contributed by atoms with E-state index in [0.29, 0.717) is 40.7 Å². The van der Waals surface area contributed by atoms with Gasteiger partial charge in [-0.1, -0.05) is 24.3 Å². The molecule has 1 saturated carbocycles. The van der Waals surface area contributed by atoms with E-state index in [2.05, 4.69) is 0 Å². The molecule has 170 valence electrons. The molecule has 0 spiro atoms. The van der Waals surface area contributed by atoms with E-state index in [1.807, 2.05) is 0 Å². The molecule has 2 aromatic carbocycles. The summed E-state index contributed by atoms with van der Waals surface area (Å²) in [6.45, 7) is 0.536. The van der Waals surface area contributed by atoms with Crippen LogP contribution in [0.4, 0.5) is 0 Å². The number of nitrogens with two attached hydrogens (primary N) is 1. The number of nitrogens with zero attached hydrogens (tertiary/aromatic N) is 1. The molecule has 0 radical (unpaired) electrons. The molecule has 1 aliphatic heterocycles. The number of methoxy groups -OCH3 is 1. The Hall–Kier alpha value is -3.07. The minimum absolute atomic E-state index is 0.341. The van der Waals surface area contributed by atoms with Crippen molar-refractivity contribution in [2.75, 3.05) is 25.7 Å². The van der Waals surface area contributed by atoms with Crippen molar-refractivity contribution in [2.45, 2.75) is 24.9 Å². The van der Waals surface area contributed by atoms with Crippen molar-refractivity contribution in [2.24, 2.45) is 11.7 Å². The number of carbonyl (C=O) groups excluding carboxylic acids is 2. The summed E-state index contributed by atoms with van der Waals surface area (Å²) < 4.78 is 36.0. The van der Waals surface area contributed by atoms with Crippen LogP contribution in [-0.4, -0.2) is 50.9 Å². The van der Waals surface area contributed by atoms with Crippen molar-refractivity contribution in [1.82, 2.24) is 4.90 Å². The molecule has 32 heavy (non-hydrogen) atoms.